The van der Waals surface area contributed by atoms with E-state index in [0.29, 0.717) is 11.5 Å². The Morgan fingerprint density at radius 3 is 2.76 bits per heavy atom. The van der Waals surface area contributed by atoms with E-state index in [9.17, 15) is 19.2 Å². The van der Waals surface area contributed by atoms with Crippen LogP contribution in [0, 0.1) is 0 Å². The van der Waals surface area contributed by atoms with Gasteiger partial charge < -0.3 is 9.47 Å². The summed E-state index contributed by atoms with van der Waals surface area (Å²) in [6, 6.07) is 8.19. The van der Waals surface area contributed by atoms with E-state index in [4.69, 9.17) is 9.47 Å². The molecule has 11 nitrogen and oxygen atoms in total. The third kappa shape index (κ3) is 3.40. The van der Waals surface area contributed by atoms with Crippen LogP contribution in [0.2, 0.25) is 0 Å². The number of hydrogen-bond donors (Lipinski definition) is 3. The molecular formula is C18H15N5O6. The third-order valence-electron chi connectivity index (χ3n) is 4.32. The van der Waals surface area contributed by atoms with E-state index < -0.39 is 29.2 Å². The van der Waals surface area contributed by atoms with Crippen molar-refractivity contribution in [2.45, 2.75) is 6.10 Å². The topological polar surface area (TPSA) is 144 Å². The molecule has 0 fully saturated rings. The van der Waals surface area contributed by atoms with E-state index >= 15 is 0 Å². The Kier molecular flexibility index (Phi) is 4.47. The molecule has 3 aromatic rings. The molecule has 1 aliphatic rings. The second-order valence-electron chi connectivity index (χ2n) is 6.22. The summed E-state index contributed by atoms with van der Waals surface area (Å²) in [5.74, 6) is -0.351. The average molecular weight is 397 g/mol. The quantitative estimate of drug-likeness (QED) is 0.481. The van der Waals surface area contributed by atoms with Gasteiger partial charge >= 0.3 is 5.69 Å². The predicted molar refractivity (Wildman–Crippen MR) is 99.6 cm³/mol. The molecule has 1 unspecified atom stereocenters. The maximum atomic E-state index is 12.3. The molecule has 0 saturated heterocycles. The van der Waals surface area contributed by atoms with Crippen LogP contribution in [0.15, 0.2) is 46.1 Å². The molecule has 2 amide bonds. The van der Waals surface area contributed by atoms with Gasteiger partial charge in [0.05, 0.1) is 10.9 Å². The lowest BCUT2D eigenvalue weighted by Crippen LogP contribution is -2.50. The fourth-order valence-electron chi connectivity index (χ4n) is 2.78. The van der Waals surface area contributed by atoms with Gasteiger partial charge in [0.15, 0.2) is 11.5 Å². The van der Waals surface area contributed by atoms with Crippen LogP contribution in [-0.2, 0) is 11.8 Å². The van der Waals surface area contributed by atoms with Crippen LogP contribution in [0.5, 0.6) is 11.5 Å². The number of H-pyrrole nitrogens is 1. The molecule has 3 N–H and O–H groups in total. The average Bonchev–Trinajstić information content (AvgIpc) is 2.75. The molecule has 0 aliphatic carbocycles. The lowest BCUT2D eigenvalue weighted by atomic mass is 10.2. The van der Waals surface area contributed by atoms with Crippen LogP contribution in [0.1, 0.15) is 10.4 Å². The van der Waals surface area contributed by atoms with Crippen molar-refractivity contribution in [2.75, 3.05) is 6.61 Å². The zero-order valence-electron chi connectivity index (χ0n) is 15.1. The van der Waals surface area contributed by atoms with Gasteiger partial charge in [0, 0.05) is 13.2 Å². The number of benzene rings is 1. The number of rotatable bonds is 2. The number of fused-ring (bicyclic) bond motifs is 2. The number of aryl methyl sites for hydroxylation is 1. The largest absolute Gasteiger partial charge is 0.485 e. The molecule has 11 heteroatoms. The molecule has 1 aliphatic heterocycles. The lowest BCUT2D eigenvalue weighted by molar-refractivity contribution is -0.131. The Morgan fingerprint density at radius 1 is 1.21 bits per heavy atom. The molecule has 148 valence electrons. The van der Waals surface area contributed by atoms with Crippen molar-refractivity contribution in [1.29, 1.82) is 0 Å². The predicted octanol–water partition coefficient (Wildman–Crippen LogP) is -0.777. The Morgan fingerprint density at radius 2 is 1.97 bits per heavy atom. The van der Waals surface area contributed by atoms with Gasteiger partial charge in [0.1, 0.15) is 12.3 Å². The van der Waals surface area contributed by atoms with Crippen molar-refractivity contribution in [3.05, 3.63) is 62.9 Å². The zero-order chi connectivity index (χ0) is 20.5. The van der Waals surface area contributed by atoms with Crippen molar-refractivity contribution in [1.82, 2.24) is 25.4 Å². The van der Waals surface area contributed by atoms with Gasteiger partial charge in [0.25, 0.3) is 17.4 Å². The molecular weight excluding hydrogens is 382 g/mol. The van der Waals surface area contributed by atoms with E-state index in [0.717, 1.165) is 4.57 Å². The minimum Gasteiger partial charge on any atom is -0.485 e. The summed E-state index contributed by atoms with van der Waals surface area (Å²) < 4.78 is 12.2. The fourth-order valence-corrected chi connectivity index (χ4v) is 2.78. The molecule has 0 spiro atoms. The van der Waals surface area contributed by atoms with Crippen molar-refractivity contribution < 1.29 is 19.1 Å². The smallest absolute Gasteiger partial charge is 0.329 e. The molecule has 4 rings (SSSR count). The van der Waals surface area contributed by atoms with Crippen LogP contribution in [0.3, 0.4) is 0 Å². The number of hydrogen-bond acceptors (Lipinski definition) is 7. The summed E-state index contributed by atoms with van der Waals surface area (Å²) in [6.07, 6.45) is 0.247. The highest BCUT2D eigenvalue weighted by Crippen LogP contribution is 2.30. The number of carbonyl (C=O) groups is 2. The maximum absolute atomic E-state index is 12.3. The molecule has 0 bridgehead atoms. The van der Waals surface area contributed by atoms with Crippen LogP contribution in [0.4, 0.5) is 0 Å². The minimum atomic E-state index is -0.947. The Labute approximate surface area is 162 Å². The van der Waals surface area contributed by atoms with Gasteiger partial charge in [-0.1, -0.05) is 12.1 Å². The van der Waals surface area contributed by atoms with Gasteiger partial charge in [-0.25, -0.2) is 9.78 Å². The Balaban J connectivity index is 1.45. The highest BCUT2D eigenvalue weighted by molar-refractivity contribution is 5.97. The number of ether oxygens (including phenoxy) is 2. The minimum absolute atomic E-state index is 0.0142. The molecule has 1 atom stereocenters. The second kappa shape index (κ2) is 7.11. The van der Waals surface area contributed by atoms with Crippen LogP contribution in [-0.4, -0.2) is 39.1 Å². The standard InChI is InChI=1S/C18H15N5O6/c1-23-14-10(16(25)20-18(23)27)6-9(7-19-14)15(24)21-22-17(26)13-8-28-11-4-2-3-5-12(11)29-13/h2-7,13H,8H2,1H3,(H,21,24)(H,22,26)(H,20,25,27). The number of pyridine rings is 1. The molecule has 2 aromatic heterocycles. The van der Waals surface area contributed by atoms with Crippen LogP contribution >= 0.6 is 0 Å². The lowest BCUT2D eigenvalue weighted by Gasteiger charge is -2.25. The van der Waals surface area contributed by atoms with Gasteiger partial charge in [-0.2, -0.15) is 0 Å². The first-order valence-corrected chi connectivity index (χ1v) is 8.52. The van der Waals surface area contributed by atoms with E-state index in [1.165, 1.54) is 19.3 Å². The molecule has 1 aromatic carbocycles. The Bertz CT molecular complexity index is 1250. The summed E-state index contributed by atoms with van der Waals surface area (Å²) in [6.45, 7) is -0.0142. The summed E-state index contributed by atoms with van der Waals surface area (Å²) in [5, 5.41) is 0.0618. The van der Waals surface area contributed by atoms with Gasteiger partial charge in [-0.3, -0.25) is 34.8 Å². The van der Waals surface area contributed by atoms with Crippen molar-refractivity contribution in [2.24, 2.45) is 7.05 Å². The zero-order valence-corrected chi connectivity index (χ0v) is 15.1. The van der Waals surface area contributed by atoms with Gasteiger partial charge in [0.2, 0.25) is 6.10 Å². The van der Waals surface area contributed by atoms with E-state index in [1.54, 1.807) is 24.3 Å². The maximum Gasteiger partial charge on any atom is 0.329 e. The number of carbonyl (C=O) groups excluding carboxylic acids is 2. The first kappa shape index (κ1) is 18.2. The second-order valence-corrected chi connectivity index (χ2v) is 6.22. The first-order valence-electron chi connectivity index (χ1n) is 8.52. The molecule has 3 heterocycles. The molecule has 0 saturated carbocycles. The highest BCUT2D eigenvalue weighted by Gasteiger charge is 2.27. The van der Waals surface area contributed by atoms with Crippen molar-refractivity contribution in [3.8, 4) is 11.5 Å². The van der Waals surface area contributed by atoms with Crippen molar-refractivity contribution in [3.63, 3.8) is 0 Å². The highest BCUT2D eigenvalue weighted by atomic mass is 16.6. The summed E-state index contributed by atoms with van der Waals surface area (Å²) in [4.78, 5) is 54.2. The number of amides is 2. The van der Waals surface area contributed by atoms with Crippen LogP contribution < -0.4 is 31.6 Å². The van der Waals surface area contributed by atoms with Gasteiger partial charge in [-0.15, -0.1) is 0 Å². The number of nitrogens with one attached hydrogen (secondary N) is 3. The number of nitrogens with zero attached hydrogens (tertiary/aromatic N) is 2. The SMILES string of the molecule is Cn1c(=O)[nH]c(=O)c2cc(C(=O)NNC(=O)C3COc4ccccc4O3)cnc21. The summed E-state index contributed by atoms with van der Waals surface area (Å²) in [5.41, 5.74) is 3.36. The number of aromatic nitrogens is 3. The molecule has 0 radical (unpaired) electrons. The summed E-state index contributed by atoms with van der Waals surface area (Å²) >= 11 is 0. The summed E-state index contributed by atoms with van der Waals surface area (Å²) in [7, 11) is 1.44. The number of hydrazine groups is 1. The fraction of sp³-hybridized carbons (Fsp3) is 0.167. The third-order valence-corrected chi connectivity index (χ3v) is 4.32. The number of para-hydroxylation sites is 2. The van der Waals surface area contributed by atoms with Crippen molar-refractivity contribution >= 4 is 22.8 Å². The monoisotopic (exact) mass is 397 g/mol. The van der Waals surface area contributed by atoms with E-state index in [2.05, 4.69) is 20.8 Å². The van der Waals surface area contributed by atoms with E-state index in [-0.39, 0.29) is 23.2 Å². The number of aromatic amines is 1. The van der Waals surface area contributed by atoms with Gasteiger partial charge in [-0.05, 0) is 18.2 Å². The normalized spacial score (nSPS) is 15.0. The van der Waals surface area contributed by atoms with E-state index in [1.807, 2.05) is 0 Å². The van der Waals surface area contributed by atoms with Crippen LogP contribution in [0.25, 0.3) is 11.0 Å². The Hall–Kier alpha value is -4.15. The first-order chi connectivity index (χ1) is 13.9. The molecule has 29 heavy (non-hydrogen) atoms.